The van der Waals surface area contributed by atoms with Crippen LogP contribution in [-0.4, -0.2) is 37.4 Å². The average Bonchev–Trinajstić information content (AvgIpc) is 2.94. The van der Waals surface area contributed by atoms with Gasteiger partial charge in [-0.25, -0.2) is 4.79 Å². The first-order valence-electron chi connectivity index (χ1n) is 9.26. The zero-order valence-corrected chi connectivity index (χ0v) is 14.7. The summed E-state index contributed by atoms with van der Waals surface area (Å²) in [5.41, 5.74) is 0.398. The Morgan fingerprint density at radius 3 is 2.42 bits per heavy atom. The molecule has 5 rings (SSSR count). The highest BCUT2D eigenvalue weighted by Crippen LogP contribution is 2.61. The summed E-state index contributed by atoms with van der Waals surface area (Å²) >= 11 is 0. The molecule has 24 heavy (non-hydrogen) atoms. The van der Waals surface area contributed by atoms with Crippen molar-refractivity contribution >= 4 is 5.97 Å². The molecule has 5 heteroatoms. The van der Waals surface area contributed by atoms with E-state index in [1.165, 1.54) is 32.1 Å². The fraction of sp³-hybridized carbons (Fsp3) is 0.842. The summed E-state index contributed by atoms with van der Waals surface area (Å²) in [5, 5.41) is 0. The Morgan fingerprint density at radius 1 is 1.21 bits per heavy atom. The molecule has 1 saturated heterocycles. The number of hydrogen-bond acceptors (Lipinski definition) is 5. The minimum atomic E-state index is -0.411. The fourth-order valence-electron chi connectivity index (χ4n) is 5.42. The molecule has 0 amide bonds. The molecule has 5 fully saturated rings. The number of hydrogen-bond donors (Lipinski definition) is 0. The van der Waals surface area contributed by atoms with Gasteiger partial charge in [-0.2, -0.15) is 0 Å². The molecule has 4 aliphatic carbocycles. The Balaban J connectivity index is 1.32. The number of rotatable bonds is 5. The van der Waals surface area contributed by atoms with Crippen LogP contribution in [0.4, 0.5) is 0 Å². The van der Waals surface area contributed by atoms with Crippen LogP contribution in [0.1, 0.15) is 46.0 Å². The molecule has 4 bridgehead atoms. The zero-order valence-electron chi connectivity index (χ0n) is 14.7. The smallest absolute Gasteiger partial charge is 0.333 e. The van der Waals surface area contributed by atoms with Gasteiger partial charge in [0.25, 0.3) is 0 Å². The minimum absolute atomic E-state index is 0.204. The van der Waals surface area contributed by atoms with Gasteiger partial charge in [-0.1, -0.05) is 6.58 Å². The van der Waals surface area contributed by atoms with Crippen LogP contribution in [0.15, 0.2) is 12.2 Å². The van der Waals surface area contributed by atoms with Gasteiger partial charge in [0, 0.05) is 17.4 Å². The molecule has 4 saturated carbocycles. The summed E-state index contributed by atoms with van der Waals surface area (Å²) < 4.78 is 23.6. The fourth-order valence-corrected chi connectivity index (χ4v) is 5.42. The van der Waals surface area contributed by atoms with Crippen molar-refractivity contribution in [3.8, 4) is 0 Å². The van der Waals surface area contributed by atoms with Crippen LogP contribution in [0.2, 0.25) is 0 Å². The van der Waals surface area contributed by atoms with E-state index in [9.17, 15) is 4.79 Å². The average molecular weight is 336 g/mol. The van der Waals surface area contributed by atoms with Crippen molar-refractivity contribution in [2.75, 3.05) is 13.2 Å². The van der Waals surface area contributed by atoms with Gasteiger partial charge in [0.2, 0.25) is 0 Å². The normalized spacial score (nSPS) is 44.0. The van der Waals surface area contributed by atoms with Crippen LogP contribution < -0.4 is 0 Å². The number of carbonyl (C=O) groups excluding carboxylic acids is 1. The molecule has 0 N–H and O–H groups in total. The van der Waals surface area contributed by atoms with E-state index in [4.69, 9.17) is 18.9 Å². The first-order chi connectivity index (χ1) is 11.5. The van der Waals surface area contributed by atoms with Crippen LogP contribution in [0, 0.1) is 23.7 Å². The second-order valence-electron chi connectivity index (χ2n) is 8.21. The van der Waals surface area contributed by atoms with Crippen molar-refractivity contribution < 1.29 is 23.7 Å². The standard InChI is InChI=1S/C19H28O5/c1-11(2)18(20)21-9-12(3)23-17-10-22-19(24-17)15-5-13-4-14(7-15)8-16(19)6-13/h12-17H,1,4-10H2,2-3H3. The van der Waals surface area contributed by atoms with E-state index < -0.39 is 5.79 Å². The molecule has 134 valence electrons. The Morgan fingerprint density at radius 2 is 1.83 bits per heavy atom. The molecule has 5 nitrogen and oxygen atoms in total. The lowest BCUT2D eigenvalue weighted by Crippen LogP contribution is -2.58. The van der Waals surface area contributed by atoms with E-state index in [2.05, 4.69) is 6.58 Å². The molecule has 1 spiro atoms. The van der Waals surface area contributed by atoms with Gasteiger partial charge < -0.3 is 18.9 Å². The molecule has 2 unspecified atom stereocenters. The third-order valence-corrected chi connectivity index (χ3v) is 6.22. The quantitative estimate of drug-likeness (QED) is 0.570. The third-order valence-electron chi connectivity index (χ3n) is 6.22. The van der Waals surface area contributed by atoms with Crippen LogP contribution in [0.25, 0.3) is 0 Å². The van der Waals surface area contributed by atoms with Gasteiger partial charge in [0.05, 0.1) is 6.10 Å². The van der Waals surface area contributed by atoms with Crippen molar-refractivity contribution in [1.29, 1.82) is 0 Å². The predicted octanol–water partition coefficient (Wildman–Crippen LogP) is 3.04. The van der Waals surface area contributed by atoms with Gasteiger partial charge in [-0.15, -0.1) is 0 Å². The van der Waals surface area contributed by atoms with E-state index >= 15 is 0 Å². The summed E-state index contributed by atoms with van der Waals surface area (Å²) in [5.74, 6) is 2.02. The highest BCUT2D eigenvalue weighted by Gasteiger charge is 2.62. The molecule has 0 aromatic carbocycles. The van der Waals surface area contributed by atoms with Crippen LogP contribution in [-0.2, 0) is 23.7 Å². The summed E-state index contributed by atoms with van der Waals surface area (Å²) in [6.45, 7) is 7.78. The van der Waals surface area contributed by atoms with Gasteiger partial charge in [0.1, 0.15) is 13.2 Å². The van der Waals surface area contributed by atoms with E-state index in [1.807, 2.05) is 6.92 Å². The van der Waals surface area contributed by atoms with Crippen molar-refractivity contribution in [2.24, 2.45) is 23.7 Å². The largest absolute Gasteiger partial charge is 0.460 e. The highest BCUT2D eigenvalue weighted by molar-refractivity contribution is 5.86. The van der Waals surface area contributed by atoms with E-state index in [-0.39, 0.29) is 25.0 Å². The SMILES string of the molecule is C=C(C)C(=O)OCC(C)OC1COC2(O1)C1CC3CC(C1)CC2C3. The lowest BCUT2D eigenvalue weighted by atomic mass is 9.53. The lowest BCUT2D eigenvalue weighted by molar-refractivity contribution is -0.314. The van der Waals surface area contributed by atoms with Crippen molar-refractivity contribution in [2.45, 2.75) is 64.1 Å². The summed E-state index contributed by atoms with van der Waals surface area (Å²) in [7, 11) is 0. The van der Waals surface area contributed by atoms with E-state index in [1.54, 1.807) is 6.92 Å². The maximum atomic E-state index is 11.5. The Bertz CT molecular complexity index is 500. The van der Waals surface area contributed by atoms with Gasteiger partial charge in [0.15, 0.2) is 12.1 Å². The molecule has 1 heterocycles. The molecular formula is C19H28O5. The molecule has 1 aliphatic heterocycles. The monoisotopic (exact) mass is 336 g/mol. The van der Waals surface area contributed by atoms with Crippen molar-refractivity contribution in [3.63, 3.8) is 0 Å². The van der Waals surface area contributed by atoms with Crippen LogP contribution >= 0.6 is 0 Å². The van der Waals surface area contributed by atoms with Crippen molar-refractivity contribution in [3.05, 3.63) is 12.2 Å². The Kier molecular flexibility index (Phi) is 4.22. The first kappa shape index (κ1) is 16.6. The Hall–Kier alpha value is -0.910. The molecule has 2 atom stereocenters. The molecule has 0 aromatic heterocycles. The molecule has 0 radical (unpaired) electrons. The second kappa shape index (κ2) is 6.11. The number of esters is 1. The molecular weight excluding hydrogens is 308 g/mol. The van der Waals surface area contributed by atoms with Crippen LogP contribution in [0.5, 0.6) is 0 Å². The maximum Gasteiger partial charge on any atom is 0.333 e. The second-order valence-corrected chi connectivity index (χ2v) is 8.21. The number of ether oxygens (including phenoxy) is 4. The third kappa shape index (κ3) is 2.80. The van der Waals surface area contributed by atoms with Gasteiger partial charge in [-0.3, -0.25) is 0 Å². The van der Waals surface area contributed by atoms with Crippen LogP contribution in [0.3, 0.4) is 0 Å². The minimum Gasteiger partial charge on any atom is -0.460 e. The Labute approximate surface area is 143 Å². The first-order valence-corrected chi connectivity index (χ1v) is 9.26. The van der Waals surface area contributed by atoms with E-state index in [0.717, 1.165) is 11.8 Å². The topological polar surface area (TPSA) is 54.0 Å². The summed E-state index contributed by atoms with van der Waals surface area (Å²) in [4.78, 5) is 11.5. The molecule has 0 aromatic rings. The molecule has 5 aliphatic rings. The highest BCUT2D eigenvalue weighted by atomic mass is 16.8. The summed E-state index contributed by atoms with van der Waals surface area (Å²) in [6.07, 6.45) is 5.79. The summed E-state index contributed by atoms with van der Waals surface area (Å²) in [6, 6.07) is 0. The number of carbonyl (C=O) groups is 1. The van der Waals surface area contributed by atoms with Gasteiger partial charge in [-0.05, 0) is 57.8 Å². The maximum absolute atomic E-state index is 11.5. The van der Waals surface area contributed by atoms with Gasteiger partial charge >= 0.3 is 5.97 Å². The zero-order chi connectivity index (χ0) is 16.9. The van der Waals surface area contributed by atoms with E-state index in [0.29, 0.717) is 24.0 Å². The predicted molar refractivity (Wildman–Crippen MR) is 86.9 cm³/mol. The van der Waals surface area contributed by atoms with Crippen molar-refractivity contribution in [1.82, 2.24) is 0 Å². The lowest BCUT2D eigenvalue weighted by Gasteiger charge is -2.58.